The van der Waals surface area contributed by atoms with Gasteiger partial charge in [-0.3, -0.25) is 0 Å². The van der Waals surface area contributed by atoms with Gasteiger partial charge in [0.1, 0.15) is 23.1 Å². The summed E-state index contributed by atoms with van der Waals surface area (Å²) >= 11 is 0. The lowest BCUT2D eigenvalue weighted by Crippen LogP contribution is -2.34. The number of fused-ring (bicyclic) bond motifs is 1. The summed E-state index contributed by atoms with van der Waals surface area (Å²) in [4.78, 5) is 19.5. The van der Waals surface area contributed by atoms with Crippen LogP contribution < -0.4 is 10.1 Å². The van der Waals surface area contributed by atoms with E-state index in [1.165, 1.54) is 6.07 Å². The first-order chi connectivity index (χ1) is 16.5. The number of benzene rings is 3. The fraction of sp³-hybridized carbons (Fsp3) is 0.259. The van der Waals surface area contributed by atoms with Gasteiger partial charge in [0.25, 0.3) is 0 Å². The van der Waals surface area contributed by atoms with Crippen LogP contribution in [0.1, 0.15) is 37.3 Å². The van der Waals surface area contributed by atoms with Gasteiger partial charge in [-0.2, -0.15) is 0 Å². The SMILES string of the molecule is CCOc1ccc(NC(=O)N2CCCC2c2nc3cc(-c4ccc(F)c(C)c4)ccc3o2)cc1. The Morgan fingerprint density at radius 1 is 1.15 bits per heavy atom. The molecule has 1 fully saturated rings. The molecule has 0 radical (unpaired) electrons. The number of carbonyl (C=O) groups excluding carboxylic acids is 1. The number of hydrogen-bond acceptors (Lipinski definition) is 4. The fourth-order valence-corrected chi connectivity index (χ4v) is 4.35. The van der Waals surface area contributed by atoms with Crippen LogP contribution in [0.5, 0.6) is 5.75 Å². The standard InChI is InChI=1S/C27H26FN3O3/c1-3-33-21-10-8-20(9-11-21)29-27(32)31-14-4-5-24(31)26-30-23-16-19(7-13-25(23)34-26)18-6-12-22(28)17(2)15-18/h6-13,15-16,24H,3-5,14H2,1-2H3,(H,29,32). The van der Waals surface area contributed by atoms with Crippen molar-refractivity contribution in [3.63, 3.8) is 0 Å². The predicted molar refractivity (Wildman–Crippen MR) is 129 cm³/mol. The number of likely N-dealkylation sites (tertiary alicyclic amines) is 1. The van der Waals surface area contributed by atoms with Crippen molar-refractivity contribution < 1.29 is 18.3 Å². The third-order valence-corrected chi connectivity index (χ3v) is 6.11. The molecule has 7 heteroatoms. The lowest BCUT2D eigenvalue weighted by molar-refractivity contribution is 0.199. The van der Waals surface area contributed by atoms with E-state index in [0.29, 0.717) is 41.4 Å². The highest BCUT2D eigenvalue weighted by atomic mass is 19.1. The van der Waals surface area contributed by atoms with Crippen LogP contribution in [0, 0.1) is 12.7 Å². The van der Waals surface area contributed by atoms with E-state index >= 15 is 0 Å². The second kappa shape index (κ2) is 9.17. The number of hydrogen-bond donors (Lipinski definition) is 1. The molecule has 1 atom stereocenters. The molecule has 1 aromatic heterocycles. The van der Waals surface area contributed by atoms with Crippen LogP contribution in [0.2, 0.25) is 0 Å². The van der Waals surface area contributed by atoms with Crippen molar-refractivity contribution in [2.75, 3.05) is 18.5 Å². The van der Waals surface area contributed by atoms with Gasteiger partial charge in [-0.05, 0) is 91.9 Å². The molecule has 1 aliphatic heterocycles. The van der Waals surface area contributed by atoms with E-state index in [1.54, 1.807) is 17.9 Å². The second-order valence-corrected chi connectivity index (χ2v) is 8.44. The van der Waals surface area contributed by atoms with Crippen LogP contribution in [-0.2, 0) is 0 Å². The molecule has 5 rings (SSSR count). The third-order valence-electron chi connectivity index (χ3n) is 6.11. The maximum atomic E-state index is 13.7. The van der Waals surface area contributed by atoms with Gasteiger partial charge in [-0.15, -0.1) is 0 Å². The van der Waals surface area contributed by atoms with Crippen LogP contribution in [0.4, 0.5) is 14.9 Å². The highest BCUT2D eigenvalue weighted by Crippen LogP contribution is 2.35. The summed E-state index contributed by atoms with van der Waals surface area (Å²) in [6.45, 7) is 4.90. The number of aromatic nitrogens is 1. The second-order valence-electron chi connectivity index (χ2n) is 8.44. The number of nitrogens with one attached hydrogen (secondary N) is 1. The van der Waals surface area contributed by atoms with Crippen molar-refractivity contribution >= 4 is 22.8 Å². The number of amides is 2. The van der Waals surface area contributed by atoms with Gasteiger partial charge >= 0.3 is 6.03 Å². The zero-order chi connectivity index (χ0) is 23.7. The first-order valence-electron chi connectivity index (χ1n) is 11.5. The highest BCUT2D eigenvalue weighted by molar-refractivity contribution is 5.90. The van der Waals surface area contributed by atoms with Gasteiger partial charge in [0, 0.05) is 12.2 Å². The van der Waals surface area contributed by atoms with E-state index in [2.05, 4.69) is 5.32 Å². The average molecular weight is 460 g/mol. The number of rotatable bonds is 5. The number of ether oxygens (including phenoxy) is 1. The molecule has 0 bridgehead atoms. The largest absolute Gasteiger partial charge is 0.494 e. The molecule has 1 N–H and O–H groups in total. The normalized spacial score (nSPS) is 15.6. The van der Waals surface area contributed by atoms with Crippen LogP contribution in [0.3, 0.4) is 0 Å². The van der Waals surface area contributed by atoms with Crippen LogP contribution in [0.25, 0.3) is 22.2 Å². The molecule has 6 nitrogen and oxygen atoms in total. The summed E-state index contributed by atoms with van der Waals surface area (Å²) in [6.07, 6.45) is 1.66. The van der Waals surface area contributed by atoms with Crippen molar-refractivity contribution in [3.8, 4) is 16.9 Å². The topological polar surface area (TPSA) is 67.6 Å². The summed E-state index contributed by atoms with van der Waals surface area (Å²) in [5.74, 6) is 1.07. The van der Waals surface area contributed by atoms with Gasteiger partial charge in [-0.25, -0.2) is 14.2 Å². The zero-order valence-electron chi connectivity index (χ0n) is 19.2. The molecule has 0 aliphatic carbocycles. The summed E-state index contributed by atoms with van der Waals surface area (Å²) in [6, 6.07) is 17.7. The fourth-order valence-electron chi connectivity index (χ4n) is 4.35. The minimum atomic E-state index is -0.230. The van der Waals surface area contributed by atoms with Gasteiger partial charge in [0.05, 0.1) is 6.61 Å². The van der Waals surface area contributed by atoms with E-state index in [0.717, 1.165) is 29.7 Å². The number of carbonyl (C=O) groups is 1. The van der Waals surface area contributed by atoms with E-state index in [9.17, 15) is 9.18 Å². The molecule has 2 amide bonds. The van der Waals surface area contributed by atoms with Crippen molar-refractivity contribution in [2.24, 2.45) is 0 Å². The Labute approximate surface area is 197 Å². The predicted octanol–water partition coefficient (Wildman–Crippen LogP) is 6.71. The number of oxazole rings is 1. The Morgan fingerprint density at radius 2 is 1.91 bits per heavy atom. The van der Waals surface area contributed by atoms with Crippen molar-refractivity contribution in [1.29, 1.82) is 0 Å². The molecule has 1 unspecified atom stereocenters. The molecule has 1 aliphatic rings. The first kappa shape index (κ1) is 21.9. The van der Waals surface area contributed by atoms with Crippen LogP contribution in [0.15, 0.2) is 65.1 Å². The van der Waals surface area contributed by atoms with Gasteiger partial charge in [0.15, 0.2) is 5.58 Å². The molecule has 4 aromatic rings. The Morgan fingerprint density at radius 3 is 2.68 bits per heavy atom. The third kappa shape index (κ3) is 4.33. The highest BCUT2D eigenvalue weighted by Gasteiger charge is 2.33. The van der Waals surface area contributed by atoms with E-state index in [4.69, 9.17) is 14.1 Å². The Balaban J connectivity index is 1.35. The molecule has 34 heavy (non-hydrogen) atoms. The van der Waals surface area contributed by atoms with Gasteiger partial charge < -0.3 is 19.4 Å². The molecule has 2 heterocycles. The maximum Gasteiger partial charge on any atom is 0.322 e. The van der Waals surface area contributed by atoms with E-state index < -0.39 is 0 Å². The number of aryl methyl sites for hydroxylation is 1. The number of urea groups is 1. The average Bonchev–Trinajstić information content (AvgIpc) is 3.49. The molecule has 1 saturated heterocycles. The molecule has 0 spiro atoms. The quantitative estimate of drug-likeness (QED) is 0.360. The smallest absolute Gasteiger partial charge is 0.322 e. The van der Waals surface area contributed by atoms with Gasteiger partial charge in [-0.1, -0.05) is 12.1 Å². The molecule has 174 valence electrons. The molecular weight excluding hydrogens is 433 g/mol. The Kier molecular flexibility index (Phi) is 5.92. The number of nitrogens with zero attached hydrogens (tertiary/aromatic N) is 2. The van der Waals surface area contributed by atoms with Crippen molar-refractivity contribution in [1.82, 2.24) is 9.88 Å². The minimum Gasteiger partial charge on any atom is -0.494 e. The summed E-state index contributed by atoms with van der Waals surface area (Å²) in [5.41, 5.74) is 4.54. The monoisotopic (exact) mass is 459 g/mol. The van der Waals surface area contributed by atoms with Gasteiger partial charge in [0.2, 0.25) is 5.89 Å². The lowest BCUT2D eigenvalue weighted by Gasteiger charge is -2.22. The Bertz CT molecular complexity index is 1330. The van der Waals surface area contributed by atoms with E-state index in [-0.39, 0.29) is 17.9 Å². The first-order valence-corrected chi connectivity index (χ1v) is 11.5. The van der Waals surface area contributed by atoms with Crippen molar-refractivity contribution in [2.45, 2.75) is 32.7 Å². The number of anilines is 1. The van der Waals surface area contributed by atoms with Crippen molar-refractivity contribution in [3.05, 3.63) is 77.9 Å². The summed E-state index contributed by atoms with van der Waals surface area (Å²) in [5, 5.41) is 2.96. The summed E-state index contributed by atoms with van der Waals surface area (Å²) < 4.78 is 25.2. The Hall–Kier alpha value is -3.87. The minimum absolute atomic E-state index is 0.184. The van der Waals surface area contributed by atoms with E-state index in [1.807, 2.05) is 55.5 Å². The molecule has 0 saturated carbocycles. The lowest BCUT2D eigenvalue weighted by atomic mass is 10.0. The number of halogens is 1. The molecule has 3 aromatic carbocycles. The molecular formula is C27H26FN3O3. The maximum absolute atomic E-state index is 13.7. The zero-order valence-corrected chi connectivity index (χ0v) is 19.2. The summed E-state index contributed by atoms with van der Waals surface area (Å²) in [7, 11) is 0. The van der Waals surface area contributed by atoms with Crippen LogP contribution in [-0.4, -0.2) is 29.1 Å². The van der Waals surface area contributed by atoms with Crippen LogP contribution >= 0.6 is 0 Å².